The van der Waals surface area contributed by atoms with Gasteiger partial charge in [-0.25, -0.2) is 4.79 Å². The molecular formula is C71H118O12. The van der Waals surface area contributed by atoms with Crippen molar-refractivity contribution in [1.29, 1.82) is 0 Å². The number of carboxylic acid groups (broad SMARTS) is 1. The smallest absolute Gasteiger partial charge is 0.335 e. The molecule has 0 bridgehead atoms. The van der Waals surface area contributed by atoms with Crippen LogP contribution >= 0.6 is 0 Å². The fourth-order valence-corrected chi connectivity index (χ4v) is 9.60. The highest BCUT2D eigenvalue weighted by atomic mass is 16.7. The summed E-state index contributed by atoms with van der Waals surface area (Å²) in [6.45, 7) is 5.81. The number of unbranched alkanes of at least 4 members (excludes halogenated alkanes) is 26. The molecule has 0 amide bonds. The average molecular weight is 1160 g/mol. The van der Waals surface area contributed by atoms with Gasteiger partial charge in [-0.05, 0) is 89.9 Å². The number of carbonyl (C=O) groups is 4. The Bertz CT molecular complexity index is 1810. The number of aliphatic carboxylic acids is 1. The second-order valence-electron chi connectivity index (χ2n) is 22.4. The second kappa shape index (κ2) is 58.0. The predicted octanol–water partition coefficient (Wildman–Crippen LogP) is 18.0. The molecule has 474 valence electrons. The molecule has 0 saturated carbocycles. The van der Waals surface area contributed by atoms with Crippen LogP contribution < -0.4 is 0 Å². The molecule has 1 saturated heterocycles. The van der Waals surface area contributed by atoms with Crippen molar-refractivity contribution in [2.75, 3.05) is 13.2 Å². The molecule has 0 spiro atoms. The van der Waals surface area contributed by atoms with E-state index in [2.05, 4.69) is 106 Å². The Balaban J connectivity index is 2.69. The van der Waals surface area contributed by atoms with Gasteiger partial charge in [-0.1, -0.05) is 266 Å². The number of rotatable bonds is 56. The van der Waals surface area contributed by atoms with Gasteiger partial charge in [0.1, 0.15) is 18.8 Å². The summed E-state index contributed by atoms with van der Waals surface area (Å²) in [6, 6.07) is 0. The number of hydrogen-bond acceptors (Lipinski definition) is 11. The van der Waals surface area contributed by atoms with Gasteiger partial charge in [0, 0.05) is 19.3 Å². The van der Waals surface area contributed by atoms with Crippen molar-refractivity contribution in [3.63, 3.8) is 0 Å². The lowest BCUT2D eigenvalue weighted by Crippen LogP contribution is -2.61. The van der Waals surface area contributed by atoms with E-state index >= 15 is 0 Å². The molecule has 3 N–H and O–H groups in total. The number of aliphatic hydroxyl groups is 2. The highest BCUT2D eigenvalue weighted by Gasteiger charge is 2.50. The van der Waals surface area contributed by atoms with Crippen LogP contribution in [0.4, 0.5) is 0 Å². The zero-order valence-corrected chi connectivity index (χ0v) is 52.4. The third kappa shape index (κ3) is 47.6. The van der Waals surface area contributed by atoms with Crippen LogP contribution in [0.2, 0.25) is 0 Å². The number of hydrogen-bond donors (Lipinski definition) is 3. The maximum Gasteiger partial charge on any atom is 0.335 e. The molecule has 0 aromatic heterocycles. The molecule has 1 heterocycles. The standard InChI is InChI=1S/C71H118O12/c1-4-7-10-13-16-19-22-25-28-30-32-34-37-39-42-45-48-51-54-57-63(72)79-60-62(81-64(73)58-55-52-49-46-43-40-36-27-24-21-18-15-12-9-6-3)61-80-71-69(67(76)66(75)68(83-71)70(77)78)82-65(74)59-56-53-50-47-44-41-38-35-33-31-29-26-23-20-17-14-11-8-5-2/h7,10,16,18-19,21,25,27-28,32,34,36,39,42,48,51,62,66-69,71,75-76H,4-6,8-9,11-15,17,20,22-24,26,29-31,33,35,37-38,40-41,43-47,49-50,52-61H2,1-3H3,(H,77,78)/b10-7-,19-16-,21-18-,28-25-,34-32-,36-27-,42-39-,51-48-. The van der Waals surface area contributed by atoms with Gasteiger partial charge in [-0.15, -0.1) is 0 Å². The molecule has 0 radical (unpaired) electrons. The van der Waals surface area contributed by atoms with Crippen LogP contribution in [0.15, 0.2) is 97.2 Å². The van der Waals surface area contributed by atoms with Gasteiger partial charge in [0.05, 0.1) is 6.61 Å². The minimum Gasteiger partial charge on any atom is -0.479 e. The Morgan fingerprint density at radius 1 is 0.410 bits per heavy atom. The summed E-state index contributed by atoms with van der Waals surface area (Å²) in [6.07, 6.45) is 65.2. The Kier molecular flexibility index (Phi) is 53.6. The van der Waals surface area contributed by atoms with Gasteiger partial charge in [0.25, 0.3) is 0 Å². The second-order valence-corrected chi connectivity index (χ2v) is 22.4. The SMILES string of the molecule is CC/C=C\C/C=C\C/C=C\C/C=C\C/C=C\C/C=C\CCC(=O)OCC(COC1OC(C(=O)O)C(O)C(O)C1OC(=O)CCCCCCCCCCCCCCCCCCCCC)OC(=O)CCCCCCC/C=C\C/C=C\CCCCC. The summed E-state index contributed by atoms with van der Waals surface area (Å²) in [5.74, 6) is -3.24. The van der Waals surface area contributed by atoms with Crippen molar-refractivity contribution < 1.29 is 58.2 Å². The van der Waals surface area contributed by atoms with E-state index in [1.807, 2.05) is 12.2 Å². The Morgan fingerprint density at radius 2 is 0.783 bits per heavy atom. The zero-order chi connectivity index (χ0) is 60.3. The van der Waals surface area contributed by atoms with Crippen molar-refractivity contribution in [2.24, 2.45) is 0 Å². The van der Waals surface area contributed by atoms with E-state index in [1.165, 1.54) is 109 Å². The monoisotopic (exact) mass is 1160 g/mol. The highest BCUT2D eigenvalue weighted by Crippen LogP contribution is 2.27. The topological polar surface area (TPSA) is 175 Å². The highest BCUT2D eigenvalue weighted by molar-refractivity contribution is 5.74. The van der Waals surface area contributed by atoms with Crippen LogP contribution in [0.1, 0.15) is 278 Å². The summed E-state index contributed by atoms with van der Waals surface area (Å²) in [5, 5.41) is 31.6. The average Bonchev–Trinajstić information content (AvgIpc) is 3.57. The van der Waals surface area contributed by atoms with Crippen LogP contribution in [-0.2, 0) is 42.9 Å². The molecule has 1 aliphatic rings. The quantitative estimate of drug-likeness (QED) is 0.0228. The maximum atomic E-state index is 13.2. The Labute approximate surface area is 504 Å². The number of allylic oxidation sites excluding steroid dienone is 16. The van der Waals surface area contributed by atoms with Gasteiger partial charge >= 0.3 is 23.9 Å². The van der Waals surface area contributed by atoms with Crippen molar-refractivity contribution >= 4 is 23.9 Å². The first kappa shape index (κ1) is 76.7. The van der Waals surface area contributed by atoms with Gasteiger partial charge < -0.3 is 39.0 Å². The van der Waals surface area contributed by atoms with Crippen LogP contribution in [0.25, 0.3) is 0 Å². The lowest BCUT2D eigenvalue weighted by molar-refractivity contribution is -0.301. The van der Waals surface area contributed by atoms with E-state index in [4.69, 9.17) is 23.7 Å². The zero-order valence-electron chi connectivity index (χ0n) is 52.4. The number of carboxylic acids is 1. The van der Waals surface area contributed by atoms with E-state index in [1.54, 1.807) is 0 Å². The van der Waals surface area contributed by atoms with E-state index in [0.29, 0.717) is 19.3 Å². The summed E-state index contributed by atoms with van der Waals surface area (Å²) < 4.78 is 28.5. The molecular weight excluding hydrogens is 1040 g/mol. The molecule has 1 rings (SSSR count). The third-order valence-electron chi connectivity index (χ3n) is 14.7. The predicted molar refractivity (Wildman–Crippen MR) is 340 cm³/mol. The van der Waals surface area contributed by atoms with Gasteiger partial charge in [0.2, 0.25) is 0 Å². The molecule has 0 aliphatic carbocycles. The number of aliphatic hydroxyl groups excluding tert-OH is 2. The van der Waals surface area contributed by atoms with E-state index in [-0.39, 0.29) is 25.9 Å². The minimum atomic E-state index is -1.92. The molecule has 83 heavy (non-hydrogen) atoms. The van der Waals surface area contributed by atoms with Gasteiger partial charge in [-0.2, -0.15) is 0 Å². The van der Waals surface area contributed by atoms with Crippen molar-refractivity contribution in [1.82, 2.24) is 0 Å². The molecule has 1 fully saturated rings. The maximum absolute atomic E-state index is 13.2. The number of esters is 3. The van der Waals surface area contributed by atoms with Crippen LogP contribution in [0, 0.1) is 0 Å². The molecule has 6 unspecified atom stereocenters. The first-order chi connectivity index (χ1) is 40.6. The first-order valence-corrected chi connectivity index (χ1v) is 33.2. The molecule has 6 atom stereocenters. The fourth-order valence-electron chi connectivity index (χ4n) is 9.60. The molecule has 0 aromatic carbocycles. The Morgan fingerprint density at radius 3 is 1.23 bits per heavy atom. The van der Waals surface area contributed by atoms with Crippen molar-refractivity contribution in [3.05, 3.63) is 97.2 Å². The number of carbonyl (C=O) groups excluding carboxylic acids is 3. The lowest BCUT2D eigenvalue weighted by Gasteiger charge is -2.40. The minimum absolute atomic E-state index is 0.0518. The first-order valence-electron chi connectivity index (χ1n) is 33.2. The third-order valence-corrected chi connectivity index (χ3v) is 14.7. The molecule has 12 heteroatoms. The fraction of sp³-hybridized carbons (Fsp3) is 0.718. The lowest BCUT2D eigenvalue weighted by atomic mass is 9.98. The summed E-state index contributed by atoms with van der Waals surface area (Å²) >= 11 is 0. The van der Waals surface area contributed by atoms with Crippen molar-refractivity contribution in [3.8, 4) is 0 Å². The largest absolute Gasteiger partial charge is 0.479 e. The summed E-state index contributed by atoms with van der Waals surface area (Å²) in [4.78, 5) is 51.3. The molecule has 12 nitrogen and oxygen atoms in total. The molecule has 0 aromatic rings. The summed E-state index contributed by atoms with van der Waals surface area (Å²) in [5.41, 5.74) is 0. The van der Waals surface area contributed by atoms with Gasteiger partial charge in [0.15, 0.2) is 24.6 Å². The normalized spacial score (nSPS) is 18.2. The van der Waals surface area contributed by atoms with Crippen LogP contribution in [0.3, 0.4) is 0 Å². The van der Waals surface area contributed by atoms with Gasteiger partial charge in [-0.3, -0.25) is 14.4 Å². The summed E-state index contributed by atoms with van der Waals surface area (Å²) in [7, 11) is 0. The van der Waals surface area contributed by atoms with E-state index in [9.17, 15) is 34.5 Å². The van der Waals surface area contributed by atoms with E-state index < -0.39 is 67.3 Å². The van der Waals surface area contributed by atoms with Crippen LogP contribution in [-0.4, -0.2) is 89.2 Å². The van der Waals surface area contributed by atoms with Crippen LogP contribution in [0.5, 0.6) is 0 Å². The van der Waals surface area contributed by atoms with Crippen molar-refractivity contribution in [2.45, 2.75) is 314 Å². The molecule has 1 aliphatic heterocycles. The van der Waals surface area contributed by atoms with E-state index in [0.717, 1.165) is 109 Å². The number of ether oxygens (including phenoxy) is 5. The Hall–Kier alpha value is -4.36.